The van der Waals surface area contributed by atoms with Gasteiger partial charge in [-0.25, -0.2) is 0 Å². The fourth-order valence-corrected chi connectivity index (χ4v) is 7.24. The van der Waals surface area contributed by atoms with Gasteiger partial charge in [-0.2, -0.15) is 0 Å². The summed E-state index contributed by atoms with van der Waals surface area (Å²) < 4.78 is 21.1. The van der Waals surface area contributed by atoms with Crippen molar-refractivity contribution in [2.75, 3.05) is 6.61 Å². The van der Waals surface area contributed by atoms with Crippen molar-refractivity contribution in [3.8, 4) is 0 Å². The third-order valence-corrected chi connectivity index (χ3v) is 13.7. The summed E-state index contributed by atoms with van der Waals surface area (Å²) in [6.07, 6.45) is 2.00. The van der Waals surface area contributed by atoms with Gasteiger partial charge in [0.15, 0.2) is 8.32 Å². The molecule has 0 bridgehead atoms. The van der Waals surface area contributed by atoms with Crippen LogP contribution in [0, 0.1) is 5.92 Å². The molecule has 0 aromatic heterocycles. The summed E-state index contributed by atoms with van der Waals surface area (Å²) in [5, 5.41) is 0.134. The van der Waals surface area contributed by atoms with E-state index in [1.165, 1.54) is 5.56 Å². The van der Waals surface area contributed by atoms with Crippen LogP contribution in [0.25, 0.3) is 0 Å². The van der Waals surface area contributed by atoms with Gasteiger partial charge in [-0.1, -0.05) is 142 Å². The normalized spacial score (nSPS) is 19.6. The molecule has 5 rings (SSSR count). The molecule has 0 unspecified atom stereocenters. The zero-order valence-electron chi connectivity index (χ0n) is 25.8. The van der Waals surface area contributed by atoms with Gasteiger partial charge in [0.05, 0.1) is 25.4 Å². The monoisotopic (exact) mass is 578 g/mol. The zero-order chi connectivity index (χ0) is 29.6. The molecule has 1 aliphatic carbocycles. The molecule has 1 aliphatic rings. The van der Waals surface area contributed by atoms with Gasteiger partial charge in [0.25, 0.3) is 0 Å². The highest BCUT2D eigenvalue weighted by atomic mass is 28.4. The number of ether oxygens (including phenoxy) is 2. The third-order valence-electron chi connectivity index (χ3n) is 9.25. The van der Waals surface area contributed by atoms with Gasteiger partial charge in [0.1, 0.15) is 5.60 Å². The predicted molar refractivity (Wildman–Crippen MR) is 175 cm³/mol. The standard InChI is InChI=1S/C38H46O3Si/c1-37(2,3)42(4,5)41-35-27-26-31(36(35)39-28-30-18-10-6-11-19-30)29-40-38(32-20-12-7-13-21-32,33-22-14-8-15-23-33)34-24-16-9-17-25-34/h6-25,31,35-36H,26-29H2,1-5H3/t31-,35+,36-/m1/s1. The maximum absolute atomic E-state index is 7.28. The summed E-state index contributed by atoms with van der Waals surface area (Å²) in [6, 6.07) is 42.4. The number of benzene rings is 4. The van der Waals surface area contributed by atoms with Crippen LogP contribution in [0.15, 0.2) is 121 Å². The lowest BCUT2D eigenvalue weighted by Crippen LogP contribution is -2.47. The van der Waals surface area contributed by atoms with Crippen molar-refractivity contribution >= 4 is 8.32 Å². The van der Waals surface area contributed by atoms with E-state index in [9.17, 15) is 0 Å². The fraction of sp³-hybridized carbons (Fsp3) is 0.368. The third kappa shape index (κ3) is 6.63. The Morgan fingerprint density at radius 3 is 1.55 bits per heavy atom. The van der Waals surface area contributed by atoms with Gasteiger partial charge in [-0.15, -0.1) is 0 Å². The van der Waals surface area contributed by atoms with Crippen molar-refractivity contribution in [3.63, 3.8) is 0 Å². The topological polar surface area (TPSA) is 27.7 Å². The Hall–Kier alpha value is -3.02. The molecule has 4 aromatic rings. The van der Waals surface area contributed by atoms with Crippen LogP contribution in [0.2, 0.25) is 18.1 Å². The van der Waals surface area contributed by atoms with Crippen LogP contribution in [-0.4, -0.2) is 27.1 Å². The van der Waals surface area contributed by atoms with Gasteiger partial charge in [-0.05, 0) is 53.2 Å². The summed E-state index contributed by atoms with van der Waals surface area (Å²) in [5.74, 6) is 0.207. The second kappa shape index (κ2) is 13.1. The van der Waals surface area contributed by atoms with E-state index in [1.54, 1.807) is 0 Å². The Morgan fingerprint density at radius 2 is 1.10 bits per heavy atom. The number of rotatable bonds is 11. The molecule has 1 fully saturated rings. The minimum absolute atomic E-state index is 0.0423. The molecule has 0 amide bonds. The van der Waals surface area contributed by atoms with E-state index >= 15 is 0 Å². The lowest BCUT2D eigenvalue weighted by atomic mass is 9.80. The molecule has 0 saturated heterocycles. The fourth-order valence-electron chi connectivity index (χ4n) is 5.88. The highest BCUT2D eigenvalue weighted by Crippen LogP contribution is 2.44. The van der Waals surface area contributed by atoms with E-state index in [-0.39, 0.29) is 23.2 Å². The molecule has 0 radical (unpaired) electrons. The maximum atomic E-state index is 7.28. The molecule has 3 nitrogen and oxygen atoms in total. The van der Waals surface area contributed by atoms with Crippen molar-refractivity contribution in [1.29, 1.82) is 0 Å². The Balaban J connectivity index is 1.48. The van der Waals surface area contributed by atoms with Crippen molar-refractivity contribution in [3.05, 3.63) is 144 Å². The first-order valence-corrected chi connectivity index (χ1v) is 18.3. The molecule has 0 spiro atoms. The first kappa shape index (κ1) is 30.4. The highest BCUT2D eigenvalue weighted by molar-refractivity contribution is 6.74. The number of hydrogen-bond donors (Lipinski definition) is 0. The molecule has 220 valence electrons. The second-order valence-electron chi connectivity index (χ2n) is 13.1. The molecule has 42 heavy (non-hydrogen) atoms. The van der Waals surface area contributed by atoms with Crippen LogP contribution in [0.1, 0.15) is 55.9 Å². The van der Waals surface area contributed by atoms with Crippen LogP contribution < -0.4 is 0 Å². The first-order valence-electron chi connectivity index (χ1n) is 15.3. The van der Waals surface area contributed by atoms with E-state index in [0.717, 1.165) is 29.5 Å². The molecule has 1 saturated carbocycles. The summed E-state index contributed by atoms with van der Waals surface area (Å²) in [5.41, 5.74) is 3.80. The molecule has 0 N–H and O–H groups in total. The Bertz CT molecular complexity index is 1270. The summed E-state index contributed by atoms with van der Waals surface area (Å²) >= 11 is 0. The lowest BCUT2D eigenvalue weighted by Gasteiger charge is -2.41. The van der Waals surface area contributed by atoms with E-state index in [2.05, 4.69) is 155 Å². The highest BCUT2D eigenvalue weighted by Gasteiger charge is 2.46. The molecular weight excluding hydrogens is 533 g/mol. The predicted octanol–water partition coefficient (Wildman–Crippen LogP) is 9.38. The molecule has 4 heteroatoms. The van der Waals surface area contributed by atoms with Crippen molar-refractivity contribution in [2.45, 2.75) is 76.2 Å². The average Bonchev–Trinajstić information content (AvgIpc) is 3.38. The Labute approximate surface area is 254 Å². The zero-order valence-corrected chi connectivity index (χ0v) is 26.8. The van der Waals surface area contributed by atoms with E-state index in [0.29, 0.717) is 13.2 Å². The van der Waals surface area contributed by atoms with Crippen LogP contribution in [-0.2, 0) is 26.1 Å². The van der Waals surface area contributed by atoms with Crippen LogP contribution in [0.3, 0.4) is 0 Å². The van der Waals surface area contributed by atoms with Gasteiger partial charge < -0.3 is 13.9 Å². The molecule has 0 heterocycles. The average molecular weight is 579 g/mol. The smallest absolute Gasteiger partial charge is 0.192 e. The second-order valence-corrected chi connectivity index (χ2v) is 17.9. The largest absolute Gasteiger partial charge is 0.411 e. The van der Waals surface area contributed by atoms with Crippen LogP contribution in [0.4, 0.5) is 0 Å². The minimum atomic E-state index is -1.99. The SMILES string of the molecule is CC(C)(C)[Si](C)(C)O[C@H]1CC[C@H](COC(c2ccccc2)(c2ccccc2)c2ccccc2)[C@H]1OCc1ccccc1. The quantitative estimate of drug-likeness (QED) is 0.131. The van der Waals surface area contributed by atoms with Gasteiger partial charge in [0, 0.05) is 5.92 Å². The lowest BCUT2D eigenvalue weighted by molar-refractivity contribution is -0.0799. The van der Waals surface area contributed by atoms with Crippen LogP contribution >= 0.6 is 0 Å². The molecular formula is C38H46O3Si. The van der Waals surface area contributed by atoms with Crippen molar-refractivity contribution in [1.82, 2.24) is 0 Å². The Morgan fingerprint density at radius 1 is 0.643 bits per heavy atom. The van der Waals surface area contributed by atoms with E-state index < -0.39 is 13.9 Å². The van der Waals surface area contributed by atoms with Gasteiger partial charge in [0.2, 0.25) is 0 Å². The number of hydrogen-bond acceptors (Lipinski definition) is 3. The van der Waals surface area contributed by atoms with E-state index in [1.807, 2.05) is 0 Å². The van der Waals surface area contributed by atoms with E-state index in [4.69, 9.17) is 13.9 Å². The molecule has 3 atom stereocenters. The molecule has 0 aliphatic heterocycles. The maximum Gasteiger partial charge on any atom is 0.192 e. The van der Waals surface area contributed by atoms with Gasteiger partial charge in [-0.3, -0.25) is 0 Å². The minimum Gasteiger partial charge on any atom is -0.411 e. The summed E-state index contributed by atoms with van der Waals surface area (Å²) in [4.78, 5) is 0. The van der Waals surface area contributed by atoms with Crippen molar-refractivity contribution < 1.29 is 13.9 Å². The van der Waals surface area contributed by atoms with Gasteiger partial charge >= 0.3 is 0 Å². The summed E-state index contributed by atoms with van der Waals surface area (Å²) in [7, 11) is -1.99. The molecule has 4 aromatic carbocycles. The van der Waals surface area contributed by atoms with Crippen LogP contribution in [0.5, 0.6) is 0 Å². The summed E-state index contributed by atoms with van der Waals surface area (Å²) in [6.45, 7) is 12.7. The Kier molecular flexibility index (Phi) is 9.49. The first-order chi connectivity index (χ1) is 20.2. The van der Waals surface area contributed by atoms with Crippen molar-refractivity contribution in [2.24, 2.45) is 5.92 Å².